The minimum atomic E-state index is 0.688. The van der Waals surface area contributed by atoms with Gasteiger partial charge in [0.05, 0.1) is 0 Å². The average molecular weight is 276 g/mol. The fraction of sp³-hybridized carbons (Fsp3) is 0.143. The fourth-order valence-corrected chi connectivity index (χ4v) is 2.07. The second-order valence-electron chi connectivity index (χ2n) is 3.70. The monoisotopic (exact) mass is 275 g/mol. The minimum absolute atomic E-state index is 0.688. The van der Waals surface area contributed by atoms with Crippen molar-refractivity contribution in [1.29, 1.82) is 0 Å². The second-order valence-corrected chi connectivity index (χ2v) is 4.62. The largest absolute Gasteiger partial charge is 0.330 e. The third-order valence-electron chi connectivity index (χ3n) is 2.59. The van der Waals surface area contributed by atoms with Gasteiger partial charge in [0.1, 0.15) is 0 Å². The van der Waals surface area contributed by atoms with Crippen molar-refractivity contribution in [2.24, 2.45) is 5.73 Å². The van der Waals surface area contributed by atoms with E-state index in [-0.39, 0.29) is 0 Å². The summed E-state index contributed by atoms with van der Waals surface area (Å²) in [6.45, 7) is 0.688. The van der Waals surface area contributed by atoms with Crippen LogP contribution in [0.5, 0.6) is 0 Å². The van der Waals surface area contributed by atoms with Crippen molar-refractivity contribution in [3.05, 3.63) is 58.6 Å². The lowest BCUT2D eigenvalue weighted by molar-refractivity contribution is 0.971. The summed E-state index contributed by atoms with van der Waals surface area (Å²) in [6, 6.07) is 16.8. The molecule has 0 radical (unpaired) electrons. The Morgan fingerprint density at radius 3 is 2.31 bits per heavy atom. The predicted octanol–water partition coefficient (Wildman–Crippen LogP) is 3.62. The zero-order valence-electron chi connectivity index (χ0n) is 8.99. The Labute approximate surface area is 104 Å². The molecule has 2 heteroatoms. The molecular weight excluding hydrogens is 262 g/mol. The zero-order chi connectivity index (χ0) is 11.4. The number of nitrogens with two attached hydrogens (primary N) is 1. The van der Waals surface area contributed by atoms with Gasteiger partial charge < -0.3 is 5.73 Å². The third-order valence-corrected chi connectivity index (χ3v) is 3.11. The number of halogens is 1. The van der Waals surface area contributed by atoms with E-state index in [4.69, 9.17) is 5.73 Å². The fourth-order valence-electron chi connectivity index (χ4n) is 1.80. The van der Waals surface area contributed by atoms with E-state index in [1.54, 1.807) is 0 Å². The van der Waals surface area contributed by atoms with Crippen LogP contribution in [0.4, 0.5) is 0 Å². The molecule has 0 spiro atoms. The van der Waals surface area contributed by atoms with Gasteiger partial charge in [-0.3, -0.25) is 0 Å². The van der Waals surface area contributed by atoms with E-state index in [2.05, 4.69) is 64.5 Å². The Bertz CT molecular complexity index is 462. The van der Waals surface area contributed by atoms with Gasteiger partial charge in [-0.1, -0.05) is 52.3 Å². The van der Waals surface area contributed by atoms with Gasteiger partial charge in [0.25, 0.3) is 0 Å². The molecule has 2 aromatic rings. The van der Waals surface area contributed by atoms with Gasteiger partial charge in [-0.05, 0) is 41.8 Å². The Morgan fingerprint density at radius 2 is 1.62 bits per heavy atom. The van der Waals surface area contributed by atoms with Crippen LogP contribution >= 0.6 is 15.9 Å². The molecule has 0 heterocycles. The van der Waals surface area contributed by atoms with E-state index in [9.17, 15) is 0 Å². The molecule has 0 aliphatic rings. The normalized spacial score (nSPS) is 10.4. The van der Waals surface area contributed by atoms with Crippen molar-refractivity contribution in [3.8, 4) is 11.1 Å². The van der Waals surface area contributed by atoms with E-state index in [0.717, 1.165) is 10.9 Å². The van der Waals surface area contributed by atoms with Crippen molar-refractivity contribution in [2.45, 2.75) is 6.42 Å². The minimum Gasteiger partial charge on any atom is -0.330 e. The third kappa shape index (κ3) is 2.52. The smallest absolute Gasteiger partial charge is 0.0175 e. The van der Waals surface area contributed by atoms with Gasteiger partial charge in [-0.15, -0.1) is 0 Å². The maximum absolute atomic E-state index is 5.62. The summed E-state index contributed by atoms with van der Waals surface area (Å²) in [5, 5.41) is 0. The highest BCUT2D eigenvalue weighted by molar-refractivity contribution is 9.10. The lowest BCUT2D eigenvalue weighted by Gasteiger charge is -2.08. The molecule has 0 unspecified atom stereocenters. The molecule has 0 atom stereocenters. The van der Waals surface area contributed by atoms with E-state index in [1.807, 2.05) is 0 Å². The Morgan fingerprint density at radius 1 is 0.938 bits per heavy atom. The summed E-state index contributed by atoms with van der Waals surface area (Å²) >= 11 is 3.45. The molecule has 0 amide bonds. The molecule has 16 heavy (non-hydrogen) atoms. The summed E-state index contributed by atoms with van der Waals surface area (Å²) in [5.74, 6) is 0. The van der Waals surface area contributed by atoms with Crippen molar-refractivity contribution in [2.75, 3.05) is 6.54 Å². The lowest BCUT2D eigenvalue weighted by Crippen LogP contribution is -2.03. The van der Waals surface area contributed by atoms with Crippen LogP contribution in [0.1, 0.15) is 5.56 Å². The first kappa shape index (κ1) is 11.4. The summed E-state index contributed by atoms with van der Waals surface area (Å²) in [4.78, 5) is 0. The SMILES string of the molecule is NCCc1ccccc1-c1ccc(Br)cc1. The highest BCUT2D eigenvalue weighted by atomic mass is 79.9. The molecule has 2 N–H and O–H groups in total. The van der Waals surface area contributed by atoms with Crippen molar-refractivity contribution < 1.29 is 0 Å². The summed E-state index contributed by atoms with van der Waals surface area (Å²) < 4.78 is 1.10. The number of rotatable bonds is 3. The van der Waals surface area contributed by atoms with Crippen LogP contribution in [0.25, 0.3) is 11.1 Å². The molecule has 0 aromatic heterocycles. The molecule has 0 aliphatic carbocycles. The topological polar surface area (TPSA) is 26.0 Å². The Hall–Kier alpha value is -1.12. The molecule has 0 bridgehead atoms. The highest BCUT2D eigenvalue weighted by Gasteiger charge is 2.03. The summed E-state index contributed by atoms with van der Waals surface area (Å²) in [7, 11) is 0. The van der Waals surface area contributed by atoms with Crippen molar-refractivity contribution >= 4 is 15.9 Å². The van der Waals surface area contributed by atoms with E-state index in [0.29, 0.717) is 6.54 Å². The van der Waals surface area contributed by atoms with Crippen LogP contribution in [0.2, 0.25) is 0 Å². The molecule has 0 fully saturated rings. The summed E-state index contributed by atoms with van der Waals surface area (Å²) in [5.41, 5.74) is 9.46. The standard InChI is InChI=1S/C14H14BrN/c15-13-7-5-12(6-8-13)14-4-2-1-3-11(14)9-10-16/h1-8H,9-10,16H2. The van der Waals surface area contributed by atoms with Crippen LogP contribution < -0.4 is 5.73 Å². The first-order chi connectivity index (χ1) is 7.81. The maximum atomic E-state index is 5.62. The van der Waals surface area contributed by atoms with Crippen LogP contribution in [0.3, 0.4) is 0 Å². The molecule has 1 nitrogen and oxygen atoms in total. The number of hydrogen-bond acceptors (Lipinski definition) is 1. The van der Waals surface area contributed by atoms with Gasteiger partial charge in [0.2, 0.25) is 0 Å². The van der Waals surface area contributed by atoms with Gasteiger partial charge in [-0.2, -0.15) is 0 Å². The average Bonchev–Trinajstić information content (AvgIpc) is 2.32. The Balaban J connectivity index is 2.42. The van der Waals surface area contributed by atoms with Crippen molar-refractivity contribution in [3.63, 3.8) is 0 Å². The highest BCUT2D eigenvalue weighted by Crippen LogP contribution is 2.25. The van der Waals surface area contributed by atoms with Crippen LogP contribution in [-0.4, -0.2) is 6.54 Å². The van der Waals surface area contributed by atoms with Gasteiger partial charge in [0.15, 0.2) is 0 Å². The summed E-state index contributed by atoms with van der Waals surface area (Å²) in [6.07, 6.45) is 0.923. The molecule has 0 saturated carbocycles. The predicted molar refractivity (Wildman–Crippen MR) is 72.3 cm³/mol. The lowest BCUT2D eigenvalue weighted by atomic mass is 9.98. The maximum Gasteiger partial charge on any atom is 0.0175 e. The van der Waals surface area contributed by atoms with Gasteiger partial charge in [-0.25, -0.2) is 0 Å². The molecule has 82 valence electrons. The van der Waals surface area contributed by atoms with Crippen LogP contribution in [0.15, 0.2) is 53.0 Å². The molecular formula is C14H14BrN. The van der Waals surface area contributed by atoms with Crippen LogP contribution in [0, 0.1) is 0 Å². The van der Waals surface area contributed by atoms with Crippen molar-refractivity contribution in [1.82, 2.24) is 0 Å². The molecule has 0 aliphatic heterocycles. The van der Waals surface area contributed by atoms with E-state index < -0.39 is 0 Å². The van der Waals surface area contributed by atoms with E-state index in [1.165, 1.54) is 16.7 Å². The molecule has 0 saturated heterocycles. The van der Waals surface area contributed by atoms with Gasteiger partial charge >= 0.3 is 0 Å². The number of hydrogen-bond donors (Lipinski definition) is 1. The quantitative estimate of drug-likeness (QED) is 0.910. The molecule has 2 aromatic carbocycles. The molecule has 2 rings (SSSR count). The first-order valence-electron chi connectivity index (χ1n) is 5.35. The first-order valence-corrected chi connectivity index (χ1v) is 6.14. The van der Waals surface area contributed by atoms with E-state index >= 15 is 0 Å². The zero-order valence-corrected chi connectivity index (χ0v) is 10.6. The number of benzene rings is 2. The second kappa shape index (κ2) is 5.28. The van der Waals surface area contributed by atoms with Crippen LogP contribution in [-0.2, 0) is 6.42 Å². The van der Waals surface area contributed by atoms with Gasteiger partial charge in [0, 0.05) is 4.47 Å². The Kier molecular flexibility index (Phi) is 3.75.